The second-order valence-corrected chi connectivity index (χ2v) is 9.69. The van der Waals surface area contributed by atoms with Gasteiger partial charge in [-0.25, -0.2) is 0 Å². The molecule has 4 aromatic rings. The number of fused-ring (bicyclic) bond motifs is 1. The number of ether oxygens (including phenoxy) is 2. The lowest BCUT2D eigenvalue weighted by Gasteiger charge is -2.18. The molecule has 7 N–H and O–H groups in total. The molecular formula is C30H35N3O7. The van der Waals surface area contributed by atoms with Crippen LogP contribution < -0.4 is 20.1 Å². The molecule has 2 atom stereocenters. The van der Waals surface area contributed by atoms with Crippen molar-refractivity contribution in [3.8, 4) is 23.0 Å². The minimum atomic E-state index is -0.789. The predicted octanol–water partition coefficient (Wildman–Crippen LogP) is 3.27. The Morgan fingerprint density at radius 2 is 1.73 bits per heavy atom. The molecule has 3 aromatic carbocycles. The summed E-state index contributed by atoms with van der Waals surface area (Å²) >= 11 is 0. The van der Waals surface area contributed by atoms with Gasteiger partial charge in [-0.2, -0.15) is 0 Å². The molecule has 212 valence electrons. The number of rotatable bonds is 12. The largest absolute Gasteiger partial charge is 0.508 e. The molecule has 0 fully saturated rings. The number of aliphatic hydroxyl groups is 2. The van der Waals surface area contributed by atoms with Crippen LogP contribution in [0.15, 0.2) is 54.6 Å². The Kier molecular flexibility index (Phi) is 9.15. The zero-order chi connectivity index (χ0) is 28.8. The van der Waals surface area contributed by atoms with Crippen molar-refractivity contribution < 1.29 is 34.7 Å². The zero-order valence-electron chi connectivity index (χ0n) is 22.7. The number of phenolic OH excluding ortho intramolecular Hbond substituents is 1. The molecule has 0 saturated carbocycles. The molecule has 0 aliphatic heterocycles. The predicted molar refractivity (Wildman–Crippen MR) is 151 cm³/mol. The standard InChI is InChI=1S/C30H35N3O7/c1-17(31-15-27(37)19-5-7-26(36)21(10-19)16-34)8-18-4-6-24-20(9-18)11-25(33-24)30(38)32-14-23-28(39-2)12-22(35)13-29(23)40-3/h4-7,9-13,17,27,31,33-37H,8,14-16H2,1-3H3,(H,32,38). The van der Waals surface area contributed by atoms with E-state index in [0.29, 0.717) is 46.8 Å². The van der Waals surface area contributed by atoms with E-state index in [2.05, 4.69) is 15.6 Å². The monoisotopic (exact) mass is 549 g/mol. The first kappa shape index (κ1) is 28.8. The number of aromatic amines is 1. The van der Waals surface area contributed by atoms with E-state index in [9.17, 15) is 25.2 Å². The number of hydrogen-bond acceptors (Lipinski definition) is 8. The van der Waals surface area contributed by atoms with Gasteiger partial charge in [-0.3, -0.25) is 4.79 Å². The molecule has 0 radical (unpaired) electrons. The van der Waals surface area contributed by atoms with Gasteiger partial charge in [0.25, 0.3) is 5.91 Å². The Balaban J connectivity index is 1.36. The highest BCUT2D eigenvalue weighted by atomic mass is 16.5. The molecule has 1 heterocycles. The van der Waals surface area contributed by atoms with Gasteiger partial charge in [0.05, 0.1) is 39.0 Å². The van der Waals surface area contributed by atoms with Gasteiger partial charge in [-0.15, -0.1) is 0 Å². The van der Waals surface area contributed by atoms with E-state index in [1.165, 1.54) is 32.4 Å². The number of phenols is 2. The second-order valence-electron chi connectivity index (χ2n) is 9.69. The molecule has 10 heteroatoms. The molecule has 0 aliphatic carbocycles. The first-order chi connectivity index (χ1) is 19.2. The Hall–Kier alpha value is -4.25. The summed E-state index contributed by atoms with van der Waals surface area (Å²) in [5, 5.41) is 46.5. The fraction of sp³-hybridized carbons (Fsp3) is 0.300. The maximum absolute atomic E-state index is 12.9. The van der Waals surface area contributed by atoms with Gasteiger partial charge in [-0.05, 0) is 54.8 Å². The van der Waals surface area contributed by atoms with Crippen LogP contribution in [0.4, 0.5) is 0 Å². The number of amides is 1. The molecule has 0 spiro atoms. The molecule has 0 bridgehead atoms. The minimum absolute atomic E-state index is 0.00151. The van der Waals surface area contributed by atoms with Crippen molar-refractivity contribution in [3.63, 3.8) is 0 Å². The van der Waals surface area contributed by atoms with Crippen molar-refractivity contribution in [3.05, 3.63) is 82.5 Å². The molecule has 1 amide bonds. The summed E-state index contributed by atoms with van der Waals surface area (Å²) in [5.41, 5.74) is 3.91. The zero-order valence-corrected chi connectivity index (χ0v) is 22.7. The van der Waals surface area contributed by atoms with E-state index in [-0.39, 0.29) is 36.6 Å². The Morgan fingerprint density at radius 3 is 2.40 bits per heavy atom. The number of benzene rings is 3. The second kappa shape index (κ2) is 12.7. The third-order valence-electron chi connectivity index (χ3n) is 6.81. The van der Waals surface area contributed by atoms with Gasteiger partial charge in [0.15, 0.2) is 0 Å². The molecule has 10 nitrogen and oxygen atoms in total. The highest BCUT2D eigenvalue weighted by Crippen LogP contribution is 2.33. The van der Waals surface area contributed by atoms with Crippen molar-refractivity contribution in [2.24, 2.45) is 0 Å². The number of carbonyl (C=O) groups is 1. The maximum Gasteiger partial charge on any atom is 0.268 e. The van der Waals surface area contributed by atoms with E-state index < -0.39 is 6.10 Å². The molecule has 2 unspecified atom stereocenters. The fourth-order valence-electron chi connectivity index (χ4n) is 4.64. The lowest BCUT2D eigenvalue weighted by molar-refractivity contribution is 0.0946. The normalized spacial score (nSPS) is 12.7. The Bertz CT molecular complexity index is 1460. The van der Waals surface area contributed by atoms with Gasteiger partial charge < -0.3 is 45.5 Å². The number of methoxy groups -OCH3 is 2. The van der Waals surface area contributed by atoms with Gasteiger partial charge >= 0.3 is 0 Å². The number of carbonyl (C=O) groups excluding carboxylic acids is 1. The summed E-state index contributed by atoms with van der Waals surface area (Å²) in [6, 6.07) is 15.4. The average Bonchev–Trinajstić information content (AvgIpc) is 3.38. The molecule has 4 rings (SSSR count). The number of hydrogen-bond donors (Lipinski definition) is 7. The third-order valence-corrected chi connectivity index (χ3v) is 6.81. The van der Waals surface area contributed by atoms with Crippen molar-refractivity contribution in [1.82, 2.24) is 15.6 Å². The average molecular weight is 550 g/mol. The van der Waals surface area contributed by atoms with Crippen molar-refractivity contribution in [2.45, 2.75) is 38.6 Å². The topological polar surface area (TPSA) is 156 Å². The Morgan fingerprint density at radius 1 is 1.00 bits per heavy atom. The number of aromatic hydroxyl groups is 2. The van der Waals surface area contributed by atoms with Gasteiger partial charge in [-0.1, -0.05) is 12.1 Å². The van der Waals surface area contributed by atoms with Crippen LogP contribution in [0.5, 0.6) is 23.0 Å². The van der Waals surface area contributed by atoms with Crippen LogP contribution in [0.2, 0.25) is 0 Å². The van der Waals surface area contributed by atoms with E-state index in [1.807, 2.05) is 25.1 Å². The molecule has 0 aliphatic rings. The maximum atomic E-state index is 12.9. The number of aliphatic hydroxyl groups excluding tert-OH is 2. The summed E-state index contributed by atoms with van der Waals surface area (Å²) in [5.74, 6) is 0.527. The van der Waals surface area contributed by atoms with E-state index >= 15 is 0 Å². The van der Waals surface area contributed by atoms with Crippen LogP contribution in [-0.4, -0.2) is 58.1 Å². The highest BCUT2D eigenvalue weighted by molar-refractivity contribution is 5.98. The van der Waals surface area contributed by atoms with Gasteiger partial charge in [0.2, 0.25) is 0 Å². The summed E-state index contributed by atoms with van der Waals surface area (Å²) in [7, 11) is 2.97. The van der Waals surface area contributed by atoms with Gasteiger partial charge in [0, 0.05) is 41.2 Å². The first-order valence-corrected chi connectivity index (χ1v) is 12.9. The van der Waals surface area contributed by atoms with Crippen molar-refractivity contribution in [2.75, 3.05) is 20.8 Å². The van der Waals surface area contributed by atoms with Crippen molar-refractivity contribution >= 4 is 16.8 Å². The summed E-state index contributed by atoms with van der Waals surface area (Å²) in [6.45, 7) is 2.18. The van der Waals surface area contributed by atoms with E-state index in [4.69, 9.17) is 9.47 Å². The number of aromatic nitrogens is 1. The molecule has 40 heavy (non-hydrogen) atoms. The van der Waals surface area contributed by atoms with Crippen LogP contribution in [0.3, 0.4) is 0 Å². The van der Waals surface area contributed by atoms with E-state index in [1.54, 1.807) is 18.2 Å². The summed E-state index contributed by atoms with van der Waals surface area (Å²) < 4.78 is 10.7. The lowest BCUT2D eigenvalue weighted by atomic mass is 10.0. The molecule has 1 aromatic heterocycles. The highest BCUT2D eigenvalue weighted by Gasteiger charge is 2.16. The van der Waals surface area contributed by atoms with E-state index in [0.717, 1.165) is 16.5 Å². The first-order valence-electron chi connectivity index (χ1n) is 12.9. The molecule has 0 saturated heterocycles. The van der Waals surface area contributed by atoms with Crippen LogP contribution in [0, 0.1) is 0 Å². The van der Waals surface area contributed by atoms with Crippen LogP contribution in [0.25, 0.3) is 10.9 Å². The molecular weight excluding hydrogens is 514 g/mol. The van der Waals surface area contributed by atoms with Crippen LogP contribution in [0.1, 0.15) is 45.8 Å². The van der Waals surface area contributed by atoms with Gasteiger partial charge in [0.1, 0.15) is 28.7 Å². The summed E-state index contributed by atoms with van der Waals surface area (Å²) in [4.78, 5) is 16.1. The summed E-state index contributed by atoms with van der Waals surface area (Å²) in [6.07, 6.45) is -0.0871. The fourth-order valence-corrected chi connectivity index (χ4v) is 4.64. The van der Waals surface area contributed by atoms with Crippen LogP contribution >= 0.6 is 0 Å². The quantitative estimate of drug-likeness (QED) is 0.142. The third kappa shape index (κ3) is 6.66. The SMILES string of the molecule is COc1cc(O)cc(OC)c1CNC(=O)c1cc2cc(CC(C)NCC(O)c3ccc(O)c(CO)c3)ccc2[nH]1. The Labute approximate surface area is 232 Å². The number of nitrogens with one attached hydrogen (secondary N) is 3. The van der Waals surface area contributed by atoms with Crippen molar-refractivity contribution in [1.29, 1.82) is 0 Å². The lowest BCUT2D eigenvalue weighted by Crippen LogP contribution is -2.32. The smallest absolute Gasteiger partial charge is 0.268 e. The van der Waals surface area contributed by atoms with Crippen LogP contribution in [-0.2, 0) is 19.6 Å². The minimum Gasteiger partial charge on any atom is -0.508 e. The number of H-pyrrole nitrogens is 1.